The van der Waals surface area contributed by atoms with Crippen molar-refractivity contribution < 1.29 is 4.74 Å². The normalized spacial score (nSPS) is 11.7. The van der Waals surface area contributed by atoms with Crippen LogP contribution >= 0.6 is 0 Å². The zero-order chi connectivity index (χ0) is 32.3. The summed E-state index contributed by atoms with van der Waals surface area (Å²) in [5.74, 6) is 2.38. The second kappa shape index (κ2) is 10.9. The molecular weight excluding hydrogens is 601 g/mol. The van der Waals surface area contributed by atoms with Crippen LogP contribution in [-0.4, -0.2) is 18.9 Å². The second-order valence-corrected chi connectivity index (χ2v) is 12.3. The molecule has 4 heterocycles. The summed E-state index contributed by atoms with van der Waals surface area (Å²) >= 11 is 0. The summed E-state index contributed by atoms with van der Waals surface area (Å²) in [4.78, 5) is 9.57. The summed E-state index contributed by atoms with van der Waals surface area (Å²) in [6.45, 7) is 0. The molecule has 0 unspecified atom stereocenters. The molecule has 0 saturated carbocycles. The topological polar surface area (TPSA) is 44.3 Å². The Morgan fingerprint density at radius 1 is 0.469 bits per heavy atom. The van der Waals surface area contributed by atoms with Gasteiger partial charge in [-0.05, 0) is 70.6 Å². The van der Waals surface area contributed by atoms with E-state index < -0.39 is 0 Å². The Morgan fingerprint density at radius 2 is 1.16 bits per heavy atom. The van der Waals surface area contributed by atoms with Gasteiger partial charge in [-0.25, -0.2) is 9.97 Å². The van der Waals surface area contributed by atoms with Gasteiger partial charge in [-0.3, -0.25) is 8.97 Å². The highest BCUT2D eigenvalue weighted by molar-refractivity contribution is 6.17. The summed E-state index contributed by atoms with van der Waals surface area (Å²) in [7, 11) is 0. The summed E-state index contributed by atoms with van der Waals surface area (Å²) in [5, 5.41) is 5.65. The number of pyridine rings is 2. The molecule has 230 valence electrons. The lowest BCUT2D eigenvalue weighted by Crippen LogP contribution is -1.97. The van der Waals surface area contributed by atoms with Crippen LogP contribution in [0.3, 0.4) is 0 Å². The minimum atomic E-state index is 0.751. The highest BCUT2D eigenvalue weighted by Crippen LogP contribution is 2.42. The van der Waals surface area contributed by atoms with Crippen molar-refractivity contribution in [2.45, 2.75) is 0 Å². The molecule has 0 radical (unpaired) electrons. The van der Waals surface area contributed by atoms with Gasteiger partial charge in [0.05, 0.1) is 16.6 Å². The van der Waals surface area contributed by atoms with Crippen LogP contribution in [0.1, 0.15) is 0 Å². The molecule has 4 aromatic heterocycles. The fourth-order valence-corrected chi connectivity index (χ4v) is 7.39. The van der Waals surface area contributed by atoms with Crippen molar-refractivity contribution in [2.24, 2.45) is 0 Å². The Hall–Kier alpha value is -6.72. The van der Waals surface area contributed by atoms with E-state index in [1.165, 1.54) is 27.6 Å². The molecule has 0 fully saturated rings. The summed E-state index contributed by atoms with van der Waals surface area (Å²) in [5.41, 5.74) is 8.90. The van der Waals surface area contributed by atoms with E-state index in [4.69, 9.17) is 9.72 Å². The molecule has 0 aliphatic carbocycles. The van der Waals surface area contributed by atoms with Crippen molar-refractivity contribution in [3.05, 3.63) is 170 Å². The number of imidazole rings is 1. The van der Waals surface area contributed by atoms with Gasteiger partial charge in [0.15, 0.2) is 0 Å². The van der Waals surface area contributed by atoms with E-state index in [1.807, 2.05) is 36.7 Å². The molecule has 6 aromatic carbocycles. The van der Waals surface area contributed by atoms with Crippen LogP contribution in [-0.2, 0) is 0 Å². The van der Waals surface area contributed by atoms with Crippen LogP contribution < -0.4 is 4.74 Å². The van der Waals surface area contributed by atoms with Gasteiger partial charge in [-0.15, -0.1) is 0 Å². The van der Waals surface area contributed by atoms with Gasteiger partial charge in [0.1, 0.15) is 23.0 Å². The molecule has 0 aliphatic rings. The van der Waals surface area contributed by atoms with E-state index in [0.29, 0.717) is 0 Å². The summed E-state index contributed by atoms with van der Waals surface area (Å²) < 4.78 is 11.0. The fraction of sp³-hybridized carbons (Fsp3) is 0. The lowest BCUT2D eigenvalue weighted by atomic mass is 9.90. The molecule has 0 N–H and O–H groups in total. The molecule has 49 heavy (non-hydrogen) atoms. The van der Waals surface area contributed by atoms with Crippen molar-refractivity contribution in [3.63, 3.8) is 0 Å². The number of hydrogen-bond acceptors (Lipinski definition) is 3. The van der Waals surface area contributed by atoms with Gasteiger partial charge in [0, 0.05) is 51.8 Å². The fourth-order valence-electron chi connectivity index (χ4n) is 7.39. The first-order valence-electron chi connectivity index (χ1n) is 16.4. The quantitative estimate of drug-likeness (QED) is 0.178. The van der Waals surface area contributed by atoms with E-state index in [0.717, 1.165) is 61.1 Å². The summed E-state index contributed by atoms with van der Waals surface area (Å²) in [6.07, 6.45) is 5.78. The SMILES string of the molecule is c1ccc(-c2ccc3c4ccc(Oc5ccc6c7ccccc7n(-c7ccccn7)c6c5)cc4c4nccn4c3c2-c2ccccc2)cc1. The van der Waals surface area contributed by atoms with Gasteiger partial charge < -0.3 is 4.74 Å². The highest BCUT2D eigenvalue weighted by atomic mass is 16.5. The number of hydrogen-bond donors (Lipinski definition) is 0. The molecule has 5 heteroatoms. The molecule has 0 bridgehead atoms. The molecular formula is C44H28N4O. The van der Waals surface area contributed by atoms with Crippen LogP contribution in [0.5, 0.6) is 11.5 Å². The maximum atomic E-state index is 6.62. The first-order valence-corrected chi connectivity index (χ1v) is 16.4. The van der Waals surface area contributed by atoms with Crippen molar-refractivity contribution >= 4 is 49.1 Å². The number of benzene rings is 6. The molecule has 5 nitrogen and oxygen atoms in total. The first-order chi connectivity index (χ1) is 24.3. The maximum Gasteiger partial charge on any atom is 0.145 e. The molecule has 10 aromatic rings. The first kappa shape index (κ1) is 27.4. The third-order valence-electron chi connectivity index (χ3n) is 9.49. The van der Waals surface area contributed by atoms with Gasteiger partial charge >= 0.3 is 0 Å². The molecule has 0 aliphatic heterocycles. The van der Waals surface area contributed by atoms with Crippen molar-refractivity contribution in [1.29, 1.82) is 0 Å². The lowest BCUT2D eigenvalue weighted by Gasteiger charge is -2.18. The Kier molecular flexibility index (Phi) is 6.11. The van der Waals surface area contributed by atoms with E-state index in [9.17, 15) is 0 Å². The van der Waals surface area contributed by atoms with Crippen molar-refractivity contribution in [1.82, 2.24) is 18.9 Å². The average molecular weight is 629 g/mol. The van der Waals surface area contributed by atoms with E-state index in [2.05, 4.69) is 148 Å². The Balaban J connectivity index is 1.15. The van der Waals surface area contributed by atoms with E-state index in [1.54, 1.807) is 0 Å². The van der Waals surface area contributed by atoms with Crippen LogP contribution in [0.25, 0.3) is 77.2 Å². The van der Waals surface area contributed by atoms with Crippen LogP contribution in [0.4, 0.5) is 0 Å². The minimum Gasteiger partial charge on any atom is -0.457 e. The Bertz CT molecular complexity index is 2840. The van der Waals surface area contributed by atoms with Gasteiger partial charge in [0.25, 0.3) is 0 Å². The minimum absolute atomic E-state index is 0.751. The lowest BCUT2D eigenvalue weighted by molar-refractivity contribution is 0.484. The Labute approximate surface area is 281 Å². The smallest absolute Gasteiger partial charge is 0.145 e. The largest absolute Gasteiger partial charge is 0.457 e. The van der Waals surface area contributed by atoms with Gasteiger partial charge in [-0.1, -0.05) is 97.1 Å². The van der Waals surface area contributed by atoms with E-state index >= 15 is 0 Å². The maximum absolute atomic E-state index is 6.62. The van der Waals surface area contributed by atoms with Crippen LogP contribution in [0, 0.1) is 0 Å². The predicted molar refractivity (Wildman–Crippen MR) is 200 cm³/mol. The molecule has 0 atom stereocenters. The molecule has 0 amide bonds. The highest BCUT2D eigenvalue weighted by Gasteiger charge is 2.19. The molecule has 0 saturated heterocycles. The number of fused-ring (bicyclic) bond motifs is 9. The standard InChI is InChI=1S/C44H28N4O/c1-3-11-29(12-4-1)33-22-23-37-34-20-18-31(27-38(34)44-46-25-26-47(44)43(37)42(33)30-13-5-2-6-14-30)49-32-19-21-36-35-15-7-8-16-39(35)48(40(36)28-32)41-17-9-10-24-45-41/h1-28H. The zero-order valence-electron chi connectivity index (χ0n) is 26.4. The monoisotopic (exact) mass is 628 g/mol. The zero-order valence-corrected chi connectivity index (χ0v) is 26.4. The second-order valence-electron chi connectivity index (χ2n) is 12.3. The summed E-state index contributed by atoms with van der Waals surface area (Å²) in [6, 6.07) is 52.8. The predicted octanol–water partition coefficient (Wildman–Crippen LogP) is 11.3. The van der Waals surface area contributed by atoms with E-state index in [-0.39, 0.29) is 0 Å². The van der Waals surface area contributed by atoms with Gasteiger partial charge in [-0.2, -0.15) is 0 Å². The van der Waals surface area contributed by atoms with Crippen LogP contribution in [0.2, 0.25) is 0 Å². The Morgan fingerprint density at radius 3 is 1.98 bits per heavy atom. The third kappa shape index (κ3) is 4.33. The third-order valence-corrected chi connectivity index (χ3v) is 9.49. The van der Waals surface area contributed by atoms with Crippen molar-refractivity contribution in [2.75, 3.05) is 0 Å². The van der Waals surface area contributed by atoms with Gasteiger partial charge in [0.2, 0.25) is 0 Å². The number of ether oxygens (including phenoxy) is 1. The number of nitrogens with zero attached hydrogens (tertiary/aromatic N) is 4. The number of para-hydroxylation sites is 1. The number of aromatic nitrogens is 4. The number of rotatable bonds is 5. The van der Waals surface area contributed by atoms with Crippen molar-refractivity contribution in [3.8, 4) is 39.6 Å². The average Bonchev–Trinajstić information content (AvgIpc) is 3.79. The molecule has 10 rings (SSSR count). The molecule has 0 spiro atoms. The van der Waals surface area contributed by atoms with Crippen LogP contribution in [0.15, 0.2) is 170 Å².